The molecule has 0 aliphatic heterocycles. The molecule has 0 saturated carbocycles. The Morgan fingerprint density at radius 1 is 1.36 bits per heavy atom. The first-order valence-corrected chi connectivity index (χ1v) is 8.85. The maximum atomic E-state index is 11.8. The van der Waals surface area contributed by atoms with Crippen molar-refractivity contribution in [3.8, 4) is 11.5 Å². The highest BCUT2D eigenvalue weighted by molar-refractivity contribution is 14.1. The number of benzene rings is 1. The van der Waals surface area contributed by atoms with Gasteiger partial charge in [-0.25, -0.2) is 0 Å². The van der Waals surface area contributed by atoms with Gasteiger partial charge in [0.15, 0.2) is 11.5 Å². The maximum absolute atomic E-state index is 11.8. The summed E-state index contributed by atoms with van der Waals surface area (Å²) in [6, 6.07) is 9.28. The van der Waals surface area contributed by atoms with Crippen LogP contribution in [0.5, 0.6) is 11.5 Å². The van der Waals surface area contributed by atoms with E-state index >= 15 is 0 Å². The molecule has 1 aromatic heterocycles. The van der Waals surface area contributed by atoms with E-state index in [1.54, 1.807) is 29.5 Å². The Bertz CT molecular complexity index is 642. The summed E-state index contributed by atoms with van der Waals surface area (Å²) in [6.07, 6.45) is 2.30. The second-order valence-corrected chi connectivity index (χ2v) is 7.90. The second kappa shape index (κ2) is 8.38. The molecular weight excluding hydrogens is 413 g/mol. The highest BCUT2D eigenvalue weighted by Crippen LogP contribution is 2.26. The van der Waals surface area contributed by atoms with Crippen molar-refractivity contribution in [1.82, 2.24) is 5.32 Å². The molecule has 0 atom stereocenters. The maximum Gasteiger partial charge on any atom is 0.220 e. The van der Waals surface area contributed by atoms with Gasteiger partial charge < -0.3 is 15.2 Å². The van der Waals surface area contributed by atoms with Crippen LogP contribution in [-0.4, -0.2) is 18.1 Å². The largest absolute Gasteiger partial charge is 0.504 e. The lowest BCUT2D eigenvalue weighted by atomic mass is 10.2. The summed E-state index contributed by atoms with van der Waals surface area (Å²) < 4.78 is 6.32. The Balaban J connectivity index is 1.73. The zero-order chi connectivity index (χ0) is 15.9. The van der Waals surface area contributed by atoms with Gasteiger partial charge in [0.05, 0.1) is 9.99 Å². The Labute approximate surface area is 147 Å². The number of ether oxygens (including phenoxy) is 1. The number of carbonyl (C=O) groups is 1. The van der Waals surface area contributed by atoms with Gasteiger partial charge in [-0.15, -0.1) is 11.3 Å². The van der Waals surface area contributed by atoms with Crippen LogP contribution in [0.3, 0.4) is 0 Å². The number of aryl methyl sites for hydroxylation is 1. The van der Waals surface area contributed by atoms with Gasteiger partial charge in [0.25, 0.3) is 0 Å². The van der Waals surface area contributed by atoms with Crippen LogP contribution in [0.4, 0.5) is 0 Å². The number of hydrogen-bond donors (Lipinski definition) is 2. The van der Waals surface area contributed by atoms with Crippen molar-refractivity contribution < 1.29 is 14.6 Å². The summed E-state index contributed by atoms with van der Waals surface area (Å²) in [6.45, 7) is 0.437. The molecule has 22 heavy (non-hydrogen) atoms. The van der Waals surface area contributed by atoms with Gasteiger partial charge in [-0.2, -0.15) is 0 Å². The molecule has 0 radical (unpaired) electrons. The molecule has 118 valence electrons. The van der Waals surface area contributed by atoms with Gasteiger partial charge in [-0.1, -0.05) is 6.07 Å². The van der Waals surface area contributed by atoms with E-state index in [1.807, 2.05) is 0 Å². The van der Waals surface area contributed by atoms with Crippen LogP contribution in [0.25, 0.3) is 0 Å². The van der Waals surface area contributed by atoms with Crippen LogP contribution in [0.2, 0.25) is 0 Å². The van der Waals surface area contributed by atoms with Crippen LogP contribution >= 0.6 is 33.9 Å². The quantitative estimate of drug-likeness (QED) is 0.658. The van der Waals surface area contributed by atoms with E-state index in [2.05, 4.69) is 40.0 Å². The molecule has 0 unspecified atom stereocenters. The number of rotatable bonds is 7. The SMILES string of the molecule is COc1cc(CNC(=O)CCCc2ccc(I)s2)ccc1O. The molecule has 0 bridgehead atoms. The van der Waals surface area contributed by atoms with Crippen molar-refractivity contribution in [2.24, 2.45) is 0 Å². The first-order chi connectivity index (χ1) is 10.6. The smallest absolute Gasteiger partial charge is 0.220 e. The van der Waals surface area contributed by atoms with Gasteiger partial charge in [0.2, 0.25) is 5.91 Å². The van der Waals surface area contributed by atoms with Gasteiger partial charge in [0.1, 0.15) is 0 Å². The number of phenolic OH excluding ortho intramolecular Hbond substituents is 1. The van der Waals surface area contributed by atoms with E-state index in [9.17, 15) is 9.90 Å². The van der Waals surface area contributed by atoms with E-state index in [4.69, 9.17) is 4.74 Å². The number of aromatic hydroxyl groups is 1. The number of halogens is 1. The lowest BCUT2D eigenvalue weighted by molar-refractivity contribution is -0.121. The molecule has 4 nitrogen and oxygen atoms in total. The van der Waals surface area contributed by atoms with Crippen molar-refractivity contribution in [2.45, 2.75) is 25.8 Å². The zero-order valence-corrected chi connectivity index (χ0v) is 15.2. The summed E-state index contributed by atoms with van der Waals surface area (Å²) in [5, 5.41) is 12.4. The Morgan fingerprint density at radius 3 is 2.86 bits per heavy atom. The van der Waals surface area contributed by atoms with Crippen LogP contribution in [0.1, 0.15) is 23.3 Å². The van der Waals surface area contributed by atoms with E-state index in [0.717, 1.165) is 18.4 Å². The molecule has 2 rings (SSSR count). The normalized spacial score (nSPS) is 10.5. The second-order valence-electron chi connectivity index (χ2n) is 4.84. The fourth-order valence-electron chi connectivity index (χ4n) is 2.03. The Morgan fingerprint density at radius 2 is 2.18 bits per heavy atom. The topological polar surface area (TPSA) is 58.6 Å². The van der Waals surface area contributed by atoms with E-state index < -0.39 is 0 Å². The summed E-state index contributed by atoms with van der Waals surface area (Å²) in [5.41, 5.74) is 0.899. The minimum atomic E-state index is 0.0401. The minimum absolute atomic E-state index is 0.0401. The third kappa shape index (κ3) is 5.17. The molecule has 1 aromatic carbocycles. The number of methoxy groups -OCH3 is 1. The van der Waals surface area contributed by atoms with Crippen LogP contribution in [-0.2, 0) is 17.8 Å². The van der Waals surface area contributed by atoms with Gasteiger partial charge in [-0.05, 0) is 65.3 Å². The van der Waals surface area contributed by atoms with Crippen molar-refractivity contribution >= 4 is 39.8 Å². The fourth-order valence-corrected chi connectivity index (χ4v) is 3.83. The fraction of sp³-hybridized carbons (Fsp3) is 0.312. The van der Waals surface area contributed by atoms with E-state index in [-0.39, 0.29) is 11.7 Å². The van der Waals surface area contributed by atoms with Crippen LogP contribution < -0.4 is 10.1 Å². The molecule has 6 heteroatoms. The number of nitrogens with one attached hydrogen (secondary N) is 1. The number of thiophene rings is 1. The van der Waals surface area contributed by atoms with Crippen molar-refractivity contribution in [3.63, 3.8) is 0 Å². The number of hydrogen-bond acceptors (Lipinski definition) is 4. The lowest BCUT2D eigenvalue weighted by Crippen LogP contribution is -2.22. The molecule has 0 saturated heterocycles. The molecular formula is C16H18INO3S. The van der Waals surface area contributed by atoms with E-state index in [1.165, 1.54) is 14.9 Å². The molecule has 0 aliphatic rings. The summed E-state index contributed by atoms with van der Waals surface area (Å²) in [7, 11) is 1.50. The zero-order valence-electron chi connectivity index (χ0n) is 12.3. The van der Waals surface area contributed by atoms with Crippen LogP contribution in [0.15, 0.2) is 30.3 Å². The summed E-state index contributed by atoms with van der Waals surface area (Å²) in [4.78, 5) is 13.2. The minimum Gasteiger partial charge on any atom is -0.504 e. The predicted molar refractivity (Wildman–Crippen MR) is 96.5 cm³/mol. The van der Waals surface area contributed by atoms with Crippen molar-refractivity contribution in [1.29, 1.82) is 0 Å². The van der Waals surface area contributed by atoms with Gasteiger partial charge >= 0.3 is 0 Å². The standard InChI is InChI=1S/C16H18INO3S/c1-21-14-9-11(5-7-13(14)19)10-18-16(20)4-2-3-12-6-8-15(17)22-12/h5-9,19H,2-4,10H2,1H3,(H,18,20). The molecule has 0 aliphatic carbocycles. The van der Waals surface area contributed by atoms with E-state index in [0.29, 0.717) is 18.7 Å². The van der Waals surface area contributed by atoms with Gasteiger partial charge in [-0.3, -0.25) is 4.79 Å². The molecule has 0 spiro atoms. The molecule has 0 fully saturated rings. The first kappa shape index (κ1) is 17.1. The number of amides is 1. The number of carbonyl (C=O) groups excluding carboxylic acids is 1. The van der Waals surface area contributed by atoms with Crippen molar-refractivity contribution in [3.05, 3.63) is 43.7 Å². The first-order valence-electron chi connectivity index (χ1n) is 6.95. The highest BCUT2D eigenvalue weighted by Gasteiger charge is 2.06. The third-order valence-electron chi connectivity index (χ3n) is 3.19. The highest BCUT2D eigenvalue weighted by atomic mass is 127. The van der Waals surface area contributed by atoms with Crippen molar-refractivity contribution in [2.75, 3.05) is 7.11 Å². The summed E-state index contributed by atoms with van der Waals surface area (Å²) >= 11 is 4.08. The van der Waals surface area contributed by atoms with Gasteiger partial charge in [0, 0.05) is 17.8 Å². The summed E-state index contributed by atoms with van der Waals surface area (Å²) in [5.74, 6) is 0.556. The number of phenols is 1. The monoisotopic (exact) mass is 431 g/mol. The molecule has 2 aromatic rings. The van der Waals surface area contributed by atoms with Crippen LogP contribution in [0, 0.1) is 2.88 Å². The predicted octanol–water partition coefficient (Wildman–Crippen LogP) is 3.71. The molecule has 1 amide bonds. The Kier molecular flexibility index (Phi) is 6.50. The average Bonchev–Trinajstić information content (AvgIpc) is 2.92. The lowest BCUT2D eigenvalue weighted by Gasteiger charge is -2.08. The average molecular weight is 431 g/mol. The molecule has 1 heterocycles. The third-order valence-corrected chi connectivity index (χ3v) is 5.14. The Hall–Kier alpha value is -1.28. The molecule has 2 N–H and O–H groups in total.